The van der Waals surface area contributed by atoms with E-state index in [1.54, 1.807) is 12.1 Å². The highest BCUT2D eigenvalue weighted by atomic mass is 79.9. The predicted octanol–water partition coefficient (Wildman–Crippen LogP) is 3.03. The summed E-state index contributed by atoms with van der Waals surface area (Å²) in [5.41, 5.74) is 5.48. The molecule has 1 aromatic rings. The molecule has 0 fully saturated rings. The molecule has 82 valence electrons. The molecule has 0 amide bonds. The first-order valence-corrected chi connectivity index (χ1v) is 5.65. The highest BCUT2D eigenvalue weighted by Gasteiger charge is 2.11. The summed E-state index contributed by atoms with van der Waals surface area (Å²) < 4.78 is 18.8. The van der Waals surface area contributed by atoms with Gasteiger partial charge in [-0.05, 0) is 40.5 Å². The Morgan fingerprint density at radius 1 is 1.67 bits per heavy atom. The lowest BCUT2D eigenvalue weighted by Gasteiger charge is -2.16. The molecule has 0 radical (unpaired) electrons. The normalized spacial score (nSPS) is 12.2. The molecule has 0 bridgehead atoms. The van der Waals surface area contributed by atoms with E-state index in [1.165, 1.54) is 6.07 Å². The Bertz CT molecular complexity index is 372. The Hall–Kier alpha value is -0.680. The zero-order valence-corrected chi connectivity index (χ0v) is 10.6. The van der Waals surface area contributed by atoms with Gasteiger partial charge in [0, 0.05) is 0 Å². The Kier molecular flexibility index (Phi) is 4.47. The zero-order chi connectivity index (χ0) is 11.4. The minimum Gasteiger partial charge on any atom is -0.483 e. The number of halogens is 2. The van der Waals surface area contributed by atoms with Gasteiger partial charge in [0.25, 0.3) is 0 Å². The third kappa shape index (κ3) is 3.43. The molecule has 0 aliphatic rings. The maximum atomic E-state index is 12.9. The molecule has 0 saturated heterocycles. The van der Waals surface area contributed by atoms with Crippen LogP contribution in [0.3, 0.4) is 0 Å². The number of thiocarbonyl (C=S) groups is 1. The fourth-order valence-electron chi connectivity index (χ4n) is 1.06. The first-order valence-electron chi connectivity index (χ1n) is 4.45. The molecule has 1 atom stereocenters. The third-order valence-corrected chi connectivity index (χ3v) is 2.73. The van der Waals surface area contributed by atoms with Crippen molar-refractivity contribution >= 4 is 33.1 Å². The molecule has 5 heteroatoms. The van der Waals surface area contributed by atoms with Crippen LogP contribution in [0.15, 0.2) is 22.7 Å². The summed E-state index contributed by atoms with van der Waals surface area (Å²) in [7, 11) is 0. The Balaban J connectivity index is 2.80. The van der Waals surface area contributed by atoms with E-state index in [-0.39, 0.29) is 11.9 Å². The lowest BCUT2D eigenvalue weighted by molar-refractivity contribution is 0.263. The summed E-state index contributed by atoms with van der Waals surface area (Å²) in [5, 5.41) is 0. The smallest absolute Gasteiger partial charge is 0.148 e. The lowest BCUT2D eigenvalue weighted by Crippen LogP contribution is -2.31. The van der Waals surface area contributed by atoms with Gasteiger partial charge in [-0.2, -0.15) is 0 Å². The molecule has 2 N–H and O–H groups in total. The molecular weight excluding hydrogens is 281 g/mol. The Morgan fingerprint density at radius 2 is 2.33 bits per heavy atom. The molecule has 0 aliphatic carbocycles. The van der Waals surface area contributed by atoms with Crippen LogP contribution in [-0.4, -0.2) is 11.1 Å². The van der Waals surface area contributed by atoms with E-state index < -0.39 is 0 Å². The van der Waals surface area contributed by atoms with Gasteiger partial charge in [0.1, 0.15) is 22.7 Å². The molecule has 0 aromatic heterocycles. The summed E-state index contributed by atoms with van der Waals surface area (Å²) in [6.45, 7) is 1.92. The van der Waals surface area contributed by atoms with Gasteiger partial charge in [-0.3, -0.25) is 0 Å². The number of ether oxygens (including phenoxy) is 1. The van der Waals surface area contributed by atoms with Crippen molar-refractivity contribution in [1.82, 2.24) is 0 Å². The van der Waals surface area contributed by atoms with Crippen LogP contribution in [0.1, 0.15) is 13.3 Å². The van der Waals surface area contributed by atoms with Gasteiger partial charge in [0.2, 0.25) is 0 Å². The van der Waals surface area contributed by atoms with Crippen LogP contribution in [0.25, 0.3) is 0 Å². The number of benzene rings is 1. The van der Waals surface area contributed by atoms with Gasteiger partial charge in [-0.25, -0.2) is 4.39 Å². The number of hydrogen-bond donors (Lipinski definition) is 1. The second-order valence-corrected chi connectivity index (χ2v) is 4.32. The summed E-state index contributed by atoms with van der Waals surface area (Å²) in [4.78, 5) is 0.304. The van der Waals surface area contributed by atoms with E-state index in [1.807, 2.05) is 6.92 Å². The van der Waals surface area contributed by atoms with E-state index in [0.29, 0.717) is 21.6 Å². The second kappa shape index (κ2) is 5.42. The first kappa shape index (κ1) is 12.4. The highest BCUT2D eigenvalue weighted by Crippen LogP contribution is 2.22. The average Bonchev–Trinajstić information content (AvgIpc) is 2.19. The van der Waals surface area contributed by atoms with Crippen molar-refractivity contribution in [2.75, 3.05) is 0 Å². The van der Waals surface area contributed by atoms with E-state index in [2.05, 4.69) is 15.9 Å². The Morgan fingerprint density at radius 3 is 2.80 bits per heavy atom. The van der Waals surface area contributed by atoms with Gasteiger partial charge in [-0.15, -0.1) is 0 Å². The molecule has 0 saturated carbocycles. The maximum Gasteiger partial charge on any atom is 0.148 e. The number of rotatable bonds is 4. The van der Waals surface area contributed by atoms with Gasteiger partial charge >= 0.3 is 0 Å². The second-order valence-electron chi connectivity index (χ2n) is 2.99. The molecule has 1 unspecified atom stereocenters. The standard InChI is InChI=1S/C10H11BrFNOS/c1-2-9(10(13)15)14-6-3-4-8(12)7(11)5-6/h3-5,9H,2H2,1H3,(H2,13,15). The largest absolute Gasteiger partial charge is 0.483 e. The Labute approximate surface area is 102 Å². The summed E-state index contributed by atoms with van der Waals surface area (Å²) in [5.74, 6) is 0.216. The monoisotopic (exact) mass is 291 g/mol. The number of nitrogens with two attached hydrogens (primary N) is 1. The van der Waals surface area contributed by atoms with Crippen molar-refractivity contribution in [2.45, 2.75) is 19.4 Å². The van der Waals surface area contributed by atoms with Crippen molar-refractivity contribution < 1.29 is 9.13 Å². The van der Waals surface area contributed by atoms with Gasteiger partial charge in [0.05, 0.1) is 4.47 Å². The van der Waals surface area contributed by atoms with Crippen LogP contribution in [-0.2, 0) is 0 Å². The van der Waals surface area contributed by atoms with E-state index in [4.69, 9.17) is 22.7 Å². The molecular formula is C10H11BrFNOS. The zero-order valence-electron chi connectivity index (χ0n) is 8.17. The summed E-state index contributed by atoms with van der Waals surface area (Å²) in [6, 6.07) is 4.42. The van der Waals surface area contributed by atoms with Crippen LogP contribution >= 0.6 is 28.1 Å². The van der Waals surface area contributed by atoms with E-state index in [0.717, 1.165) is 0 Å². The summed E-state index contributed by atoms with van der Waals surface area (Å²) in [6.07, 6.45) is 0.377. The van der Waals surface area contributed by atoms with E-state index in [9.17, 15) is 4.39 Å². The average molecular weight is 292 g/mol. The number of hydrogen-bond acceptors (Lipinski definition) is 2. The third-order valence-electron chi connectivity index (χ3n) is 1.86. The highest BCUT2D eigenvalue weighted by molar-refractivity contribution is 9.10. The lowest BCUT2D eigenvalue weighted by atomic mass is 10.2. The molecule has 15 heavy (non-hydrogen) atoms. The van der Waals surface area contributed by atoms with Gasteiger partial charge in [-0.1, -0.05) is 19.1 Å². The predicted molar refractivity (Wildman–Crippen MR) is 65.6 cm³/mol. The van der Waals surface area contributed by atoms with Crippen LogP contribution < -0.4 is 10.5 Å². The molecule has 0 spiro atoms. The van der Waals surface area contributed by atoms with Crippen molar-refractivity contribution in [3.05, 3.63) is 28.5 Å². The van der Waals surface area contributed by atoms with Crippen molar-refractivity contribution in [3.8, 4) is 5.75 Å². The van der Waals surface area contributed by atoms with Gasteiger partial charge < -0.3 is 10.5 Å². The van der Waals surface area contributed by atoms with Gasteiger partial charge in [0.15, 0.2) is 0 Å². The van der Waals surface area contributed by atoms with Crippen LogP contribution in [0.2, 0.25) is 0 Å². The fraction of sp³-hybridized carbons (Fsp3) is 0.300. The molecule has 1 aromatic carbocycles. The van der Waals surface area contributed by atoms with Crippen molar-refractivity contribution in [3.63, 3.8) is 0 Å². The van der Waals surface area contributed by atoms with Crippen LogP contribution in [0, 0.1) is 5.82 Å². The topological polar surface area (TPSA) is 35.2 Å². The van der Waals surface area contributed by atoms with E-state index >= 15 is 0 Å². The van der Waals surface area contributed by atoms with Crippen molar-refractivity contribution in [2.24, 2.45) is 5.73 Å². The first-order chi connectivity index (χ1) is 7.04. The minimum atomic E-state index is -0.328. The molecule has 0 aliphatic heterocycles. The maximum absolute atomic E-state index is 12.9. The molecule has 2 nitrogen and oxygen atoms in total. The SMILES string of the molecule is CCC(Oc1ccc(F)c(Br)c1)C(N)=S. The minimum absolute atomic E-state index is 0.304. The fourth-order valence-corrected chi connectivity index (χ4v) is 1.63. The van der Waals surface area contributed by atoms with Crippen LogP contribution in [0.5, 0.6) is 5.75 Å². The quantitative estimate of drug-likeness (QED) is 0.866. The molecule has 1 rings (SSSR count). The van der Waals surface area contributed by atoms with Crippen molar-refractivity contribution in [1.29, 1.82) is 0 Å². The summed E-state index contributed by atoms with van der Waals surface area (Å²) >= 11 is 7.92. The molecule has 0 heterocycles. The van der Waals surface area contributed by atoms with Crippen LogP contribution in [0.4, 0.5) is 4.39 Å².